The number of ketones is 1. The molecule has 0 radical (unpaired) electrons. The molecule has 0 spiro atoms. The molecule has 1 N–H and O–H groups in total. The van der Waals surface area contributed by atoms with Gasteiger partial charge >= 0.3 is 0 Å². The summed E-state index contributed by atoms with van der Waals surface area (Å²) in [5.41, 5.74) is 0.609. The Labute approximate surface area is 111 Å². The van der Waals surface area contributed by atoms with Crippen LogP contribution in [0.3, 0.4) is 0 Å². The van der Waals surface area contributed by atoms with Gasteiger partial charge in [0.05, 0.1) is 19.8 Å². The second kappa shape index (κ2) is 5.59. The van der Waals surface area contributed by atoms with Crippen molar-refractivity contribution in [3.63, 3.8) is 0 Å². The third-order valence-electron chi connectivity index (χ3n) is 3.25. The molecule has 1 saturated heterocycles. The lowest BCUT2D eigenvalue weighted by atomic mass is 10.0. The minimum absolute atomic E-state index is 0.0113. The van der Waals surface area contributed by atoms with Gasteiger partial charge in [-0.1, -0.05) is 0 Å². The van der Waals surface area contributed by atoms with E-state index in [0.29, 0.717) is 43.4 Å². The fraction of sp³-hybridized carbons (Fsp3) is 0.500. The summed E-state index contributed by atoms with van der Waals surface area (Å²) in [5, 5.41) is 3.16. The van der Waals surface area contributed by atoms with Crippen LogP contribution in [0.1, 0.15) is 16.8 Å². The molecule has 2 heterocycles. The number of morpholine rings is 1. The predicted molar refractivity (Wildman–Crippen MR) is 69.0 cm³/mol. The highest BCUT2D eigenvalue weighted by molar-refractivity contribution is 6.00. The van der Waals surface area contributed by atoms with Gasteiger partial charge in [-0.15, -0.1) is 0 Å². The van der Waals surface area contributed by atoms with Crippen LogP contribution in [0, 0.1) is 0 Å². The first kappa shape index (κ1) is 12.4. The first-order valence-electron chi connectivity index (χ1n) is 6.61. The molecule has 2 aliphatic rings. The monoisotopic (exact) mass is 263 g/mol. The zero-order valence-electron chi connectivity index (χ0n) is 10.7. The zero-order valence-corrected chi connectivity index (χ0v) is 10.7. The summed E-state index contributed by atoms with van der Waals surface area (Å²) < 4.78 is 16.6. The Morgan fingerprint density at radius 2 is 2.00 bits per heavy atom. The molecule has 1 aromatic rings. The van der Waals surface area contributed by atoms with Gasteiger partial charge in [0.2, 0.25) is 0 Å². The average molecular weight is 263 g/mol. The molecule has 0 aromatic heterocycles. The Balaban J connectivity index is 1.80. The fourth-order valence-electron chi connectivity index (χ4n) is 2.24. The molecule has 2 aliphatic heterocycles. The third kappa shape index (κ3) is 2.72. The van der Waals surface area contributed by atoms with Crippen molar-refractivity contribution in [2.24, 2.45) is 0 Å². The lowest BCUT2D eigenvalue weighted by molar-refractivity contribution is 0.0269. The van der Waals surface area contributed by atoms with Gasteiger partial charge in [0.25, 0.3) is 0 Å². The molecule has 1 unspecified atom stereocenters. The number of hydrogen-bond acceptors (Lipinski definition) is 5. The first-order valence-corrected chi connectivity index (χ1v) is 6.61. The molecule has 1 fully saturated rings. The molecular weight excluding hydrogens is 246 g/mol. The largest absolute Gasteiger partial charge is 0.490 e. The molecule has 19 heavy (non-hydrogen) atoms. The van der Waals surface area contributed by atoms with E-state index in [1.165, 1.54) is 0 Å². The number of nitrogens with one attached hydrogen (secondary N) is 1. The molecule has 3 rings (SSSR count). The van der Waals surface area contributed by atoms with E-state index in [0.717, 1.165) is 13.0 Å². The summed E-state index contributed by atoms with van der Waals surface area (Å²) in [6, 6.07) is 5.32. The lowest BCUT2D eigenvalue weighted by Gasteiger charge is -2.22. The van der Waals surface area contributed by atoms with Gasteiger partial charge in [0.15, 0.2) is 17.3 Å². The summed E-state index contributed by atoms with van der Waals surface area (Å²) in [7, 11) is 0. The number of benzene rings is 1. The summed E-state index contributed by atoms with van der Waals surface area (Å²) in [6.07, 6.45) is 0.451. The SMILES string of the molecule is O=C(c1ccc2c(c1)OCCCO2)C1CNCCO1. The first-order chi connectivity index (χ1) is 9.34. The van der Waals surface area contributed by atoms with Crippen molar-refractivity contribution in [1.29, 1.82) is 0 Å². The summed E-state index contributed by atoms with van der Waals surface area (Å²) in [4.78, 5) is 12.3. The van der Waals surface area contributed by atoms with E-state index in [-0.39, 0.29) is 5.78 Å². The normalized spacial score (nSPS) is 22.6. The van der Waals surface area contributed by atoms with E-state index in [1.807, 2.05) is 0 Å². The lowest BCUT2D eigenvalue weighted by Crippen LogP contribution is -2.43. The van der Waals surface area contributed by atoms with Crippen molar-refractivity contribution >= 4 is 5.78 Å². The van der Waals surface area contributed by atoms with E-state index in [9.17, 15) is 4.79 Å². The molecule has 102 valence electrons. The van der Waals surface area contributed by atoms with Crippen LogP contribution in [0.5, 0.6) is 11.5 Å². The number of Topliss-reactive ketones (excluding diaryl/α,β-unsaturated/α-hetero) is 1. The Morgan fingerprint density at radius 3 is 2.79 bits per heavy atom. The maximum absolute atomic E-state index is 12.3. The number of fused-ring (bicyclic) bond motifs is 1. The number of carbonyl (C=O) groups is 1. The van der Waals surface area contributed by atoms with E-state index >= 15 is 0 Å². The number of ether oxygens (including phenoxy) is 3. The van der Waals surface area contributed by atoms with Gasteiger partial charge in [-0.25, -0.2) is 0 Å². The molecule has 5 heteroatoms. The van der Waals surface area contributed by atoms with Crippen molar-refractivity contribution in [2.75, 3.05) is 32.9 Å². The van der Waals surface area contributed by atoms with Gasteiger partial charge in [-0.3, -0.25) is 4.79 Å². The number of hydrogen-bond donors (Lipinski definition) is 1. The highest BCUT2D eigenvalue weighted by Gasteiger charge is 2.24. The van der Waals surface area contributed by atoms with Crippen molar-refractivity contribution in [1.82, 2.24) is 5.32 Å². The van der Waals surface area contributed by atoms with Crippen LogP contribution in [-0.4, -0.2) is 44.8 Å². The van der Waals surface area contributed by atoms with Crippen molar-refractivity contribution in [3.8, 4) is 11.5 Å². The van der Waals surface area contributed by atoms with Crippen LogP contribution in [-0.2, 0) is 4.74 Å². The maximum Gasteiger partial charge on any atom is 0.192 e. The summed E-state index contributed by atoms with van der Waals surface area (Å²) >= 11 is 0. The minimum Gasteiger partial charge on any atom is -0.490 e. The third-order valence-corrected chi connectivity index (χ3v) is 3.25. The molecule has 5 nitrogen and oxygen atoms in total. The van der Waals surface area contributed by atoms with Gasteiger partial charge in [0, 0.05) is 25.1 Å². The molecule has 1 atom stereocenters. The van der Waals surface area contributed by atoms with Crippen LogP contribution in [0.25, 0.3) is 0 Å². The predicted octanol–water partition coefficient (Wildman–Crippen LogP) is 1.02. The van der Waals surface area contributed by atoms with Crippen LogP contribution in [0.2, 0.25) is 0 Å². The molecule has 0 saturated carbocycles. The standard InChI is InChI=1S/C14H17NO4/c16-14(13-9-15-4-7-19-13)10-2-3-11-12(8-10)18-6-1-5-17-11/h2-3,8,13,15H,1,4-7,9H2. The number of rotatable bonds is 2. The minimum atomic E-state index is -0.404. The topological polar surface area (TPSA) is 56.8 Å². The van der Waals surface area contributed by atoms with Gasteiger partial charge in [0.1, 0.15) is 6.10 Å². The fourth-order valence-corrected chi connectivity index (χ4v) is 2.24. The van der Waals surface area contributed by atoms with Crippen LogP contribution in [0.15, 0.2) is 18.2 Å². The number of carbonyl (C=O) groups excluding carboxylic acids is 1. The second-order valence-corrected chi connectivity index (χ2v) is 4.64. The smallest absolute Gasteiger partial charge is 0.192 e. The second-order valence-electron chi connectivity index (χ2n) is 4.64. The average Bonchev–Trinajstić information content (AvgIpc) is 2.72. The highest BCUT2D eigenvalue weighted by atomic mass is 16.5. The Kier molecular flexibility index (Phi) is 3.66. The highest BCUT2D eigenvalue weighted by Crippen LogP contribution is 2.30. The van der Waals surface area contributed by atoms with Crippen LogP contribution < -0.4 is 14.8 Å². The molecule has 0 bridgehead atoms. The van der Waals surface area contributed by atoms with E-state index in [4.69, 9.17) is 14.2 Å². The van der Waals surface area contributed by atoms with E-state index in [1.54, 1.807) is 18.2 Å². The molecule has 0 amide bonds. The molecule has 0 aliphatic carbocycles. The zero-order chi connectivity index (χ0) is 13.1. The summed E-state index contributed by atoms with van der Waals surface area (Å²) in [5.74, 6) is 1.34. The van der Waals surface area contributed by atoms with Crippen molar-refractivity contribution in [3.05, 3.63) is 23.8 Å². The van der Waals surface area contributed by atoms with Gasteiger partial charge in [-0.2, -0.15) is 0 Å². The Bertz CT molecular complexity index is 469. The quantitative estimate of drug-likeness (QED) is 0.807. The molecular formula is C14H17NO4. The van der Waals surface area contributed by atoms with Crippen LogP contribution >= 0.6 is 0 Å². The Morgan fingerprint density at radius 1 is 1.16 bits per heavy atom. The van der Waals surface area contributed by atoms with E-state index in [2.05, 4.69) is 5.32 Å². The summed E-state index contributed by atoms with van der Waals surface area (Å²) in [6.45, 7) is 3.20. The van der Waals surface area contributed by atoms with Crippen molar-refractivity contribution in [2.45, 2.75) is 12.5 Å². The molecule has 1 aromatic carbocycles. The van der Waals surface area contributed by atoms with Gasteiger partial charge < -0.3 is 19.5 Å². The van der Waals surface area contributed by atoms with Crippen molar-refractivity contribution < 1.29 is 19.0 Å². The van der Waals surface area contributed by atoms with E-state index < -0.39 is 6.10 Å². The van der Waals surface area contributed by atoms with Crippen LogP contribution in [0.4, 0.5) is 0 Å². The van der Waals surface area contributed by atoms with Gasteiger partial charge in [-0.05, 0) is 18.2 Å². The maximum atomic E-state index is 12.3. The Hall–Kier alpha value is -1.59.